The molecule has 3 nitrogen and oxygen atoms in total. The number of thiophene rings is 1. The van der Waals surface area contributed by atoms with E-state index < -0.39 is 0 Å². The lowest BCUT2D eigenvalue weighted by molar-refractivity contribution is 0.582. The standard InChI is InChI=1S/C14H15N3S/c1-10-3-4-14(18-10)11(2)17-9-12-5-6-16-13(7-12)8-15/h3-7,11,17H,9H2,1-2H3. The van der Waals surface area contributed by atoms with E-state index in [1.54, 1.807) is 6.20 Å². The molecule has 4 heteroatoms. The molecule has 0 amide bonds. The Kier molecular flexibility index (Phi) is 4.08. The molecule has 0 aromatic carbocycles. The third kappa shape index (κ3) is 3.16. The molecule has 0 radical (unpaired) electrons. The fraction of sp³-hybridized carbons (Fsp3) is 0.286. The maximum absolute atomic E-state index is 8.79. The molecule has 0 bridgehead atoms. The van der Waals surface area contributed by atoms with Crippen molar-refractivity contribution < 1.29 is 0 Å². The summed E-state index contributed by atoms with van der Waals surface area (Å²) >= 11 is 1.81. The summed E-state index contributed by atoms with van der Waals surface area (Å²) in [6.07, 6.45) is 1.68. The predicted octanol–water partition coefficient (Wildman–Crippen LogP) is 3.17. The summed E-state index contributed by atoms with van der Waals surface area (Å²) in [4.78, 5) is 6.62. The zero-order chi connectivity index (χ0) is 13.0. The van der Waals surface area contributed by atoms with Gasteiger partial charge >= 0.3 is 0 Å². The quantitative estimate of drug-likeness (QED) is 0.915. The predicted molar refractivity (Wildman–Crippen MR) is 73.3 cm³/mol. The smallest absolute Gasteiger partial charge is 0.140 e. The van der Waals surface area contributed by atoms with Gasteiger partial charge in [-0.1, -0.05) is 0 Å². The van der Waals surface area contributed by atoms with Crippen molar-refractivity contribution in [1.29, 1.82) is 5.26 Å². The van der Waals surface area contributed by atoms with E-state index in [0.29, 0.717) is 11.7 Å². The lowest BCUT2D eigenvalue weighted by Crippen LogP contribution is -2.17. The number of hydrogen-bond donors (Lipinski definition) is 1. The van der Waals surface area contributed by atoms with E-state index in [4.69, 9.17) is 5.26 Å². The number of aryl methyl sites for hydroxylation is 1. The van der Waals surface area contributed by atoms with Crippen molar-refractivity contribution in [3.63, 3.8) is 0 Å². The topological polar surface area (TPSA) is 48.7 Å². The number of pyridine rings is 1. The van der Waals surface area contributed by atoms with E-state index in [0.717, 1.165) is 12.1 Å². The minimum atomic E-state index is 0.322. The van der Waals surface area contributed by atoms with Crippen LogP contribution < -0.4 is 5.32 Å². The third-order valence-electron chi connectivity index (χ3n) is 2.74. The highest BCUT2D eigenvalue weighted by atomic mass is 32.1. The molecule has 1 unspecified atom stereocenters. The molecule has 0 aliphatic heterocycles. The Balaban J connectivity index is 1.97. The number of nitrogens with one attached hydrogen (secondary N) is 1. The molecule has 0 fully saturated rings. The van der Waals surface area contributed by atoms with Gasteiger partial charge in [0.1, 0.15) is 11.8 Å². The molecule has 2 rings (SSSR count). The van der Waals surface area contributed by atoms with Gasteiger partial charge in [-0.25, -0.2) is 4.98 Å². The van der Waals surface area contributed by atoms with Crippen LogP contribution in [0.3, 0.4) is 0 Å². The molecule has 0 aliphatic rings. The molecule has 1 N–H and O–H groups in total. The van der Waals surface area contributed by atoms with E-state index >= 15 is 0 Å². The fourth-order valence-corrected chi connectivity index (χ4v) is 2.61. The van der Waals surface area contributed by atoms with Gasteiger partial charge in [0.05, 0.1) is 0 Å². The zero-order valence-electron chi connectivity index (χ0n) is 10.5. The summed E-state index contributed by atoms with van der Waals surface area (Å²) < 4.78 is 0. The Bertz CT molecular complexity index is 568. The van der Waals surface area contributed by atoms with Gasteiger partial charge in [-0.15, -0.1) is 11.3 Å². The van der Waals surface area contributed by atoms with Gasteiger partial charge in [0.15, 0.2) is 0 Å². The largest absolute Gasteiger partial charge is 0.305 e. The first-order valence-electron chi connectivity index (χ1n) is 5.84. The van der Waals surface area contributed by atoms with Crippen LogP contribution in [0.1, 0.15) is 34.0 Å². The second-order valence-electron chi connectivity index (χ2n) is 4.21. The van der Waals surface area contributed by atoms with Crippen LogP contribution in [0.2, 0.25) is 0 Å². The fourth-order valence-electron chi connectivity index (χ4n) is 1.70. The van der Waals surface area contributed by atoms with Crippen molar-refractivity contribution in [2.45, 2.75) is 26.4 Å². The molecule has 2 heterocycles. The van der Waals surface area contributed by atoms with Crippen molar-refractivity contribution >= 4 is 11.3 Å². The lowest BCUT2D eigenvalue weighted by Gasteiger charge is -2.12. The van der Waals surface area contributed by atoms with E-state index in [1.165, 1.54) is 9.75 Å². The monoisotopic (exact) mass is 257 g/mol. The highest BCUT2D eigenvalue weighted by molar-refractivity contribution is 7.12. The van der Waals surface area contributed by atoms with Crippen LogP contribution >= 0.6 is 11.3 Å². The van der Waals surface area contributed by atoms with Gasteiger partial charge in [0.2, 0.25) is 0 Å². The summed E-state index contributed by atoms with van der Waals surface area (Å²) in [5, 5.41) is 12.2. The lowest BCUT2D eigenvalue weighted by atomic mass is 10.2. The van der Waals surface area contributed by atoms with E-state index in [1.807, 2.05) is 23.5 Å². The average Bonchev–Trinajstić information content (AvgIpc) is 2.83. The Morgan fingerprint density at radius 3 is 2.94 bits per heavy atom. The van der Waals surface area contributed by atoms with Crippen LogP contribution in [0.5, 0.6) is 0 Å². The minimum Gasteiger partial charge on any atom is -0.305 e. The van der Waals surface area contributed by atoms with E-state index in [-0.39, 0.29) is 0 Å². The van der Waals surface area contributed by atoms with Crippen molar-refractivity contribution in [2.75, 3.05) is 0 Å². The normalized spacial score (nSPS) is 12.1. The van der Waals surface area contributed by atoms with E-state index in [2.05, 4.69) is 42.4 Å². The van der Waals surface area contributed by atoms with Gasteiger partial charge in [0.25, 0.3) is 0 Å². The van der Waals surface area contributed by atoms with Crippen LogP contribution in [0.4, 0.5) is 0 Å². The number of hydrogen-bond acceptors (Lipinski definition) is 4. The van der Waals surface area contributed by atoms with Crippen molar-refractivity contribution in [2.24, 2.45) is 0 Å². The number of nitrogens with zero attached hydrogens (tertiary/aromatic N) is 2. The summed E-state index contributed by atoms with van der Waals surface area (Å²) in [7, 11) is 0. The third-order valence-corrected chi connectivity index (χ3v) is 3.92. The summed E-state index contributed by atoms with van der Waals surface area (Å²) in [6.45, 7) is 5.01. The highest BCUT2D eigenvalue weighted by Crippen LogP contribution is 2.22. The van der Waals surface area contributed by atoms with Gasteiger partial charge in [-0.2, -0.15) is 5.26 Å². The van der Waals surface area contributed by atoms with Gasteiger partial charge in [-0.3, -0.25) is 0 Å². The SMILES string of the molecule is Cc1ccc(C(C)NCc2ccnc(C#N)c2)s1. The first kappa shape index (κ1) is 12.7. The maximum atomic E-state index is 8.79. The summed E-state index contributed by atoms with van der Waals surface area (Å²) in [5.41, 5.74) is 1.55. The molecule has 0 saturated carbocycles. The van der Waals surface area contributed by atoms with E-state index in [9.17, 15) is 0 Å². The molecule has 2 aromatic heterocycles. The molecule has 2 aromatic rings. The molecule has 92 valence electrons. The average molecular weight is 257 g/mol. The zero-order valence-corrected chi connectivity index (χ0v) is 11.3. The number of aromatic nitrogens is 1. The molecule has 0 spiro atoms. The van der Waals surface area contributed by atoms with Crippen LogP contribution in [0.25, 0.3) is 0 Å². The summed E-state index contributed by atoms with van der Waals surface area (Å²) in [6, 6.07) is 10.4. The van der Waals surface area contributed by atoms with Crippen molar-refractivity contribution in [3.05, 3.63) is 51.5 Å². The van der Waals surface area contributed by atoms with Gasteiger partial charge in [-0.05, 0) is 43.7 Å². The maximum Gasteiger partial charge on any atom is 0.140 e. The van der Waals surface area contributed by atoms with Crippen LogP contribution in [-0.4, -0.2) is 4.98 Å². The Hall–Kier alpha value is -1.70. The Morgan fingerprint density at radius 2 is 2.28 bits per heavy atom. The van der Waals surface area contributed by atoms with Gasteiger partial charge in [0, 0.05) is 28.5 Å². The molecular formula is C14H15N3S. The minimum absolute atomic E-state index is 0.322. The molecule has 1 atom stereocenters. The Labute approximate surface area is 111 Å². The second kappa shape index (κ2) is 5.76. The molecular weight excluding hydrogens is 242 g/mol. The summed E-state index contributed by atoms with van der Waals surface area (Å²) in [5.74, 6) is 0. The number of nitriles is 1. The van der Waals surface area contributed by atoms with Crippen molar-refractivity contribution in [1.82, 2.24) is 10.3 Å². The van der Waals surface area contributed by atoms with Gasteiger partial charge < -0.3 is 5.32 Å². The van der Waals surface area contributed by atoms with Crippen molar-refractivity contribution in [3.8, 4) is 6.07 Å². The molecule has 18 heavy (non-hydrogen) atoms. The van der Waals surface area contributed by atoms with Crippen LogP contribution in [0.15, 0.2) is 30.5 Å². The van der Waals surface area contributed by atoms with Crippen LogP contribution in [0, 0.1) is 18.3 Å². The first-order chi connectivity index (χ1) is 8.69. The molecule has 0 saturated heterocycles. The number of rotatable bonds is 4. The van der Waals surface area contributed by atoms with Crippen LogP contribution in [-0.2, 0) is 6.54 Å². The second-order valence-corrected chi connectivity index (χ2v) is 5.53. The molecule has 0 aliphatic carbocycles. The first-order valence-corrected chi connectivity index (χ1v) is 6.65. The highest BCUT2D eigenvalue weighted by Gasteiger charge is 2.07. The Morgan fingerprint density at radius 1 is 1.44 bits per heavy atom.